The molecule has 0 radical (unpaired) electrons. The summed E-state index contributed by atoms with van der Waals surface area (Å²) in [5, 5.41) is 10.6. The molecule has 2 aromatic heterocycles. The lowest BCUT2D eigenvalue weighted by Gasteiger charge is -2.09. The number of halogens is 1. The van der Waals surface area contributed by atoms with E-state index in [1.807, 2.05) is 19.1 Å². The highest BCUT2D eigenvalue weighted by Crippen LogP contribution is 2.31. The van der Waals surface area contributed by atoms with E-state index in [1.165, 1.54) is 4.88 Å². The Morgan fingerprint density at radius 1 is 1.40 bits per heavy atom. The molecule has 2 rings (SSSR count). The Morgan fingerprint density at radius 3 is 2.80 bits per heavy atom. The van der Waals surface area contributed by atoms with Crippen LogP contribution in [0, 0.1) is 6.92 Å². The number of aryl methyl sites for hydroxylation is 1. The third kappa shape index (κ3) is 2.20. The highest BCUT2D eigenvalue weighted by atomic mass is 35.5. The normalized spacial score (nSPS) is 12.7. The fourth-order valence-corrected chi connectivity index (χ4v) is 2.47. The van der Waals surface area contributed by atoms with Gasteiger partial charge in [0.1, 0.15) is 6.10 Å². The first kappa shape index (κ1) is 10.6. The number of aromatic nitrogens is 1. The van der Waals surface area contributed by atoms with E-state index >= 15 is 0 Å². The molecule has 0 aliphatic heterocycles. The van der Waals surface area contributed by atoms with Crippen LogP contribution in [0.25, 0.3) is 0 Å². The number of hydrogen-bond donors (Lipinski definition) is 1. The Bertz CT molecular complexity index is 469. The van der Waals surface area contributed by atoms with Crippen LogP contribution in [0.1, 0.15) is 21.4 Å². The fourth-order valence-electron chi connectivity index (χ4n) is 1.36. The molecule has 0 saturated carbocycles. The molecule has 0 aliphatic rings. The highest BCUT2D eigenvalue weighted by Gasteiger charge is 2.15. The van der Waals surface area contributed by atoms with E-state index in [9.17, 15) is 5.11 Å². The van der Waals surface area contributed by atoms with E-state index < -0.39 is 6.10 Å². The van der Waals surface area contributed by atoms with E-state index in [4.69, 9.17) is 11.6 Å². The molecule has 1 N–H and O–H groups in total. The lowest BCUT2D eigenvalue weighted by Crippen LogP contribution is -1.98. The minimum atomic E-state index is -0.654. The molecule has 4 heteroatoms. The van der Waals surface area contributed by atoms with Gasteiger partial charge in [0.05, 0.1) is 5.02 Å². The second kappa shape index (κ2) is 4.31. The van der Waals surface area contributed by atoms with Crippen LogP contribution in [0.5, 0.6) is 0 Å². The molecule has 1 unspecified atom stereocenters. The average Bonchev–Trinajstić information content (AvgIpc) is 2.65. The minimum Gasteiger partial charge on any atom is -0.383 e. The van der Waals surface area contributed by atoms with Crippen LogP contribution in [0.4, 0.5) is 0 Å². The van der Waals surface area contributed by atoms with Crippen molar-refractivity contribution in [2.75, 3.05) is 0 Å². The monoisotopic (exact) mass is 239 g/mol. The Labute approximate surface area is 97.2 Å². The third-order valence-corrected chi connectivity index (χ3v) is 3.50. The Morgan fingerprint density at radius 2 is 2.20 bits per heavy atom. The second-order valence-corrected chi connectivity index (χ2v) is 4.97. The molecule has 2 aromatic rings. The Balaban J connectivity index is 2.36. The first-order chi connectivity index (χ1) is 7.18. The van der Waals surface area contributed by atoms with Crippen molar-refractivity contribution in [3.63, 3.8) is 0 Å². The van der Waals surface area contributed by atoms with Gasteiger partial charge in [0.25, 0.3) is 0 Å². The molecule has 0 saturated heterocycles. The molecule has 0 aromatic carbocycles. The van der Waals surface area contributed by atoms with E-state index in [0.717, 1.165) is 4.88 Å². The van der Waals surface area contributed by atoms with Crippen molar-refractivity contribution < 1.29 is 5.11 Å². The molecule has 0 bridgehead atoms. The van der Waals surface area contributed by atoms with Crippen LogP contribution in [0.3, 0.4) is 0 Å². The first-order valence-corrected chi connectivity index (χ1v) is 5.72. The van der Waals surface area contributed by atoms with Crippen LogP contribution < -0.4 is 0 Å². The van der Waals surface area contributed by atoms with Gasteiger partial charge in [-0.1, -0.05) is 11.6 Å². The molecule has 2 nitrogen and oxygen atoms in total. The zero-order valence-electron chi connectivity index (χ0n) is 8.14. The fraction of sp³-hybridized carbons (Fsp3) is 0.182. The molecule has 15 heavy (non-hydrogen) atoms. The largest absolute Gasteiger partial charge is 0.383 e. The lowest BCUT2D eigenvalue weighted by molar-refractivity contribution is 0.224. The number of hydrogen-bond acceptors (Lipinski definition) is 3. The van der Waals surface area contributed by atoms with Crippen molar-refractivity contribution in [3.8, 4) is 0 Å². The summed E-state index contributed by atoms with van der Waals surface area (Å²) in [4.78, 5) is 5.97. The van der Waals surface area contributed by atoms with Crippen molar-refractivity contribution >= 4 is 22.9 Å². The van der Waals surface area contributed by atoms with Gasteiger partial charge in [-0.2, -0.15) is 0 Å². The molecule has 0 spiro atoms. The standard InChI is InChI=1S/C11H10ClNOS/c1-7-2-3-10(15-7)11(14)8-4-5-13-6-9(8)12/h2-6,11,14H,1H3. The van der Waals surface area contributed by atoms with Gasteiger partial charge >= 0.3 is 0 Å². The van der Waals surface area contributed by atoms with Crippen LogP contribution in [-0.2, 0) is 0 Å². The summed E-state index contributed by atoms with van der Waals surface area (Å²) in [7, 11) is 0. The van der Waals surface area contributed by atoms with Gasteiger partial charge in [-0.15, -0.1) is 11.3 Å². The molecule has 0 amide bonds. The number of aliphatic hydroxyl groups excluding tert-OH is 1. The van der Waals surface area contributed by atoms with Crippen molar-refractivity contribution in [1.29, 1.82) is 0 Å². The Kier molecular flexibility index (Phi) is 3.05. The quantitative estimate of drug-likeness (QED) is 0.873. The zero-order chi connectivity index (χ0) is 10.8. The predicted molar refractivity (Wildman–Crippen MR) is 62.4 cm³/mol. The summed E-state index contributed by atoms with van der Waals surface area (Å²) in [6.07, 6.45) is 2.52. The van der Waals surface area contributed by atoms with Crippen molar-refractivity contribution in [2.45, 2.75) is 13.0 Å². The maximum Gasteiger partial charge on any atom is 0.115 e. The number of rotatable bonds is 2. The van der Waals surface area contributed by atoms with Gasteiger partial charge in [-0.3, -0.25) is 4.98 Å². The number of thiophene rings is 1. The van der Waals surface area contributed by atoms with Crippen molar-refractivity contribution in [3.05, 3.63) is 50.9 Å². The second-order valence-electron chi connectivity index (χ2n) is 3.25. The average molecular weight is 240 g/mol. The first-order valence-electron chi connectivity index (χ1n) is 4.52. The van der Waals surface area contributed by atoms with Gasteiger partial charge in [0.2, 0.25) is 0 Å². The van der Waals surface area contributed by atoms with Crippen molar-refractivity contribution in [1.82, 2.24) is 4.98 Å². The van der Waals surface area contributed by atoms with Gasteiger partial charge in [-0.25, -0.2) is 0 Å². The topological polar surface area (TPSA) is 33.1 Å². The summed E-state index contributed by atoms with van der Waals surface area (Å²) >= 11 is 7.53. The smallest absolute Gasteiger partial charge is 0.115 e. The number of nitrogens with zero attached hydrogens (tertiary/aromatic N) is 1. The molecule has 1 atom stereocenters. The lowest BCUT2D eigenvalue weighted by atomic mass is 10.1. The molecule has 0 fully saturated rings. The van der Waals surface area contributed by atoms with Gasteiger partial charge in [0.15, 0.2) is 0 Å². The summed E-state index contributed by atoms with van der Waals surface area (Å²) < 4.78 is 0. The zero-order valence-corrected chi connectivity index (χ0v) is 9.72. The molecule has 78 valence electrons. The molecule has 2 heterocycles. The third-order valence-electron chi connectivity index (χ3n) is 2.13. The van der Waals surface area contributed by atoms with Crippen LogP contribution in [0.15, 0.2) is 30.6 Å². The predicted octanol–water partition coefficient (Wildman–Crippen LogP) is 3.19. The SMILES string of the molecule is Cc1ccc(C(O)c2ccncc2Cl)s1. The van der Waals surface area contributed by atoms with E-state index in [2.05, 4.69) is 4.98 Å². The summed E-state index contributed by atoms with van der Waals surface area (Å²) in [6, 6.07) is 5.64. The Hall–Kier alpha value is -0.900. The molecular formula is C11H10ClNOS. The van der Waals surface area contributed by atoms with E-state index in [1.54, 1.807) is 29.8 Å². The summed E-state index contributed by atoms with van der Waals surface area (Å²) in [5.41, 5.74) is 0.702. The van der Waals surface area contributed by atoms with Crippen LogP contribution in [-0.4, -0.2) is 10.1 Å². The number of pyridine rings is 1. The number of aliphatic hydroxyl groups is 1. The van der Waals surface area contributed by atoms with Crippen molar-refractivity contribution in [2.24, 2.45) is 0 Å². The van der Waals surface area contributed by atoms with Crippen LogP contribution in [0.2, 0.25) is 5.02 Å². The molecule has 0 aliphatic carbocycles. The maximum absolute atomic E-state index is 10.1. The van der Waals surface area contributed by atoms with E-state index in [-0.39, 0.29) is 0 Å². The summed E-state index contributed by atoms with van der Waals surface area (Å²) in [6.45, 7) is 2.01. The maximum atomic E-state index is 10.1. The van der Waals surface area contributed by atoms with Crippen LogP contribution >= 0.6 is 22.9 Å². The van der Waals surface area contributed by atoms with Gasteiger partial charge in [-0.05, 0) is 25.1 Å². The van der Waals surface area contributed by atoms with Gasteiger partial charge in [0, 0.05) is 27.7 Å². The highest BCUT2D eigenvalue weighted by molar-refractivity contribution is 7.12. The minimum absolute atomic E-state index is 0.496. The van der Waals surface area contributed by atoms with E-state index in [0.29, 0.717) is 10.6 Å². The van der Waals surface area contributed by atoms with Gasteiger partial charge < -0.3 is 5.11 Å². The molecular weight excluding hydrogens is 230 g/mol. The summed E-state index contributed by atoms with van der Waals surface area (Å²) in [5.74, 6) is 0.